The molecular formula is C17H24ClFN2O2. The molecule has 2 fully saturated rings. The first-order valence-electron chi connectivity index (χ1n) is 7.98. The van der Waals surface area contributed by atoms with E-state index in [1.165, 1.54) is 25.0 Å². The van der Waals surface area contributed by atoms with Crippen LogP contribution in [0.1, 0.15) is 32.6 Å². The molecule has 128 valence electrons. The van der Waals surface area contributed by atoms with Crippen LogP contribution < -0.4 is 10.1 Å². The number of hydrogen-bond acceptors (Lipinski definition) is 3. The van der Waals surface area contributed by atoms with Crippen molar-refractivity contribution < 1.29 is 13.9 Å². The third-order valence-electron chi connectivity index (χ3n) is 4.82. The SMILES string of the molecule is CC(Oc1ccc(F)cc1)C(=O)N(C)C1CC2CCC(C1)N2.Cl. The van der Waals surface area contributed by atoms with Gasteiger partial charge in [0.15, 0.2) is 6.10 Å². The van der Waals surface area contributed by atoms with Crippen molar-refractivity contribution in [3.63, 3.8) is 0 Å². The van der Waals surface area contributed by atoms with Gasteiger partial charge in [-0.25, -0.2) is 4.39 Å². The molecule has 3 rings (SSSR count). The number of rotatable bonds is 4. The van der Waals surface area contributed by atoms with Gasteiger partial charge in [-0.05, 0) is 56.9 Å². The van der Waals surface area contributed by atoms with Crippen LogP contribution >= 0.6 is 12.4 Å². The molecule has 3 unspecified atom stereocenters. The Hall–Kier alpha value is -1.33. The number of carbonyl (C=O) groups is 1. The second kappa shape index (κ2) is 7.49. The Balaban J connectivity index is 0.00000192. The van der Waals surface area contributed by atoms with E-state index in [2.05, 4.69) is 5.32 Å². The molecule has 6 heteroatoms. The molecule has 0 saturated carbocycles. The number of ether oxygens (including phenoxy) is 1. The van der Waals surface area contributed by atoms with Crippen molar-refractivity contribution in [1.82, 2.24) is 10.2 Å². The molecule has 4 nitrogen and oxygen atoms in total. The first kappa shape index (κ1) is 18.0. The van der Waals surface area contributed by atoms with Gasteiger partial charge in [0.2, 0.25) is 0 Å². The van der Waals surface area contributed by atoms with E-state index in [1.807, 2.05) is 11.9 Å². The molecule has 23 heavy (non-hydrogen) atoms. The van der Waals surface area contributed by atoms with Crippen molar-refractivity contribution in [2.45, 2.75) is 56.8 Å². The number of likely N-dealkylation sites (N-methyl/N-ethyl adjacent to an activating group) is 1. The lowest BCUT2D eigenvalue weighted by atomic mass is 9.98. The van der Waals surface area contributed by atoms with Gasteiger partial charge in [0.05, 0.1) is 0 Å². The maximum atomic E-state index is 12.9. The molecule has 0 aromatic heterocycles. The topological polar surface area (TPSA) is 41.6 Å². The molecule has 1 amide bonds. The highest BCUT2D eigenvalue weighted by atomic mass is 35.5. The van der Waals surface area contributed by atoms with E-state index in [0.29, 0.717) is 17.8 Å². The lowest BCUT2D eigenvalue weighted by Gasteiger charge is -2.36. The van der Waals surface area contributed by atoms with Gasteiger partial charge in [-0.15, -0.1) is 12.4 Å². The van der Waals surface area contributed by atoms with Gasteiger partial charge in [-0.3, -0.25) is 4.79 Å². The number of benzene rings is 1. The van der Waals surface area contributed by atoms with Crippen LogP contribution in [0.15, 0.2) is 24.3 Å². The average molecular weight is 343 g/mol. The summed E-state index contributed by atoms with van der Waals surface area (Å²) in [5, 5.41) is 3.58. The summed E-state index contributed by atoms with van der Waals surface area (Å²) >= 11 is 0. The summed E-state index contributed by atoms with van der Waals surface area (Å²) in [6, 6.07) is 7.14. The van der Waals surface area contributed by atoms with E-state index >= 15 is 0 Å². The zero-order valence-corrected chi connectivity index (χ0v) is 14.3. The molecule has 1 N–H and O–H groups in total. The van der Waals surface area contributed by atoms with Crippen LogP contribution in [0.4, 0.5) is 4.39 Å². The molecule has 1 aromatic carbocycles. The monoisotopic (exact) mass is 342 g/mol. The van der Waals surface area contributed by atoms with Crippen LogP contribution in [0.25, 0.3) is 0 Å². The summed E-state index contributed by atoms with van der Waals surface area (Å²) in [4.78, 5) is 14.4. The van der Waals surface area contributed by atoms with E-state index in [4.69, 9.17) is 4.74 Å². The van der Waals surface area contributed by atoms with Gasteiger partial charge >= 0.3 is 0 Å². The van der Waals surface area contributed by atoms with E-state index in [1.54, 1.807) is 19.1 Å². The number of fused-ring (bicyclic) bond motifs is 2. The zero-order chi connectivity index (χ0) is 15.7. The van der Waals surface area contributed by atoms with Crippen molar-refractivity contribution in [3.8, 4) is 5.75 Å². The first-order valence-corrected chi connectivity index (χ1v) is 7.98. The van der Waals surface area contributed by atoms with Gasteiger partial charge in [-0.1, -0.05) is 0 Å². The number of nitrogens with zero attached hydrogens (tertiary/aromatic N) is 1. The molecule has 2 heterocycles. The third kappa shape index (κ3) is 4.15. The van der Waals surface area contributed by atoms with E-state index in [9.17, 15) is 9.18 Å². The Labute approximate surface area is 142 Å². The van der Waals surface area contributed by atoms with Gasteiger partial charge in [0, 0.05) is 25.2 Å². The van der Waals surface area contributed by atoms with Crippen LogP contribution in [0.2, 0.25) is 0 Å². The molecule has 0 aliphatic carbocycles. The van der Waals surface area contributed by atoms with Gasteiger partial charge in [0.1, 0.15) is 11.6 Å². The molecule has 0 spiro atoms. The summed E-state index contributed by atoms with van der Waals surface area (Å²) in [7, 11) is 1.86. The highest BCUT2D eigenvalue weighted by Gasteiger charge is 2.37. The highest BCUT2D eigenvalue weighted by molar-refractivity contribution is 5.85. The summed E-state index contributed by atoms with van der Waals surface area (Å²) in [5.41, 5.74) is 0. The maximum absolute atomic E-state index is 12.9. The average Bonchev–Trinajstić information content (AvgIpc) is 2.86. The standard InChI is InChI=1S/C17H23FN2O2.ClH/c1-11(22-16-7-3-12(18)4-8-16)17(21)20(2)15-9-13-5-6-14(10-15)19-13;/h3-4,7-8,11,13-15,19H,5-6,9-10H2,1-2H3;1H. The fourth-order valence-electron chi connectivity index (χ4n) is 3.58. The minimum atomic E-state index is -0.567. The summed E-state index contributed by atoms with van der Waals surface area (Å²) < 4.78 is 18.5. The summed E-state index contributed by atoms with van der Waals surface area (Å²) in [6.45, 7) is 1.75. The Morgan fingerprint density at radius 1 is 1.26 bits per heavy atom. The predicted octanol–water partition coefficient (Wildman–Crippen LogP) is 2.76. The molecule has 2 aliphatic rings. The highest BCUT2D eigenvalue weighted by Crippen LogP contribution is 2.29. The number of hydrogen-bond donors (Lipinski definition) is 1. The number of carbonyl (C=O) groups excluding carboxylic acids is 1. The van der Waals surface area contributed by atoms with Crippen molar-refractivity contribution in [1.29, 1.82) is 0 Å². The van der Waals surface area contributed by atoms with Gasteiger partial charge < -0.3 is 15.0 Å². The van der Waals surface area contributed by atoms with E-state index in [0.717, 1.165) is 12.8 Å². The van der Waals surface area contributed by atoms with Gasteiger partial charge in [0.25, 0.3) is 5.91 Å². The first-order chi connectivity index (χ1) is 10.5. The molecule has 2 bridgehead atoms. The van der Waals surface area contributed by atoms with Crippen molar-refractivity contribution >= 4 is 18.3 Å². The number of amides is 1. The Morgan fingerprint density at radius 2 is 1.83 bits per heavy atom. The third-order valence-corrected chi connectivity index (χ3v) is 4.82. The molecule has 1 aromatic rings. The zero-order valence-electron chi connectivity index (χ0n) is 13.5. The Kier molecular flexibility index (Phi) is 5.87. The molecule has 2 aliphatic heterocycles. The minimum absolute atomic E-state index is 0. The van der Waals surface area contributed by atoms with Crippen LogP contribution in [0, 0.1) is 5.82 Å². The minimum Gasteiger partial charge on any atom is -0.481 e. The molecule has 0 radical (unpaired) electrons. The largest absolute Gasteiger partial charge is 0.481 e. The normalized spacial score (nSPS) is 27.0. The van der Waals surface area contributed by atoms with Crippen molar-refractivity contribution in [2.24, 2.45) is 0 Å². The second-order valence-electron chi connectivity index (χ2n) is 6.43. The van der Waals surface area contributed by atoms with Crippen molar-refractivity contribution in [2.75, 3.05) is 7.05 Å². The van der Waals surface area contributed by atoms with Gasteiger partial charge in [-0.2, -0.15) is 0 Å². The smallest absolute Gasteiger partial charge is 0.263 e. The van der Waals surface area contributed by atoms with Crippen molar-refractivity contribution in [3.05, 3.63) is 30.1 Å². The Bertz CT molecular complexity index is 528. The van der Waals surface area contributed by atoms with Crippen LogP contribution in [-0.4, -0.2) is 42.1 Å². The Morgan fingerprint density at radius 3 is 2.39 bits per heavy atom. The maximum Gasteiger partial charge on any atom is 0.263 e. The van der Waals surface area contributed by atoms with Crippen LogP contribution in [-0.2, 0) is 4.79 Å². The summed E-state index contributed by atoms with van der Waals surface area (Å²) in [6.07, 6.45) is 3.89. The number of nitrogens with one attached hydrogen (secondary N) is 1. The fourth-order valence-corrected chi connectivity index (χ4v) is 3.58. The van der Waals surface area contributed by atoms with Crippen LogP contribution in [0.5, 0.6) is 5.75 Å². The lowest BCUT2D eigenvalue weighted by molar-refractivity contribution is -0.139. The fraction of sp³-hybridized carbons (Fsp3) is 0.588. The molecular weight excluding hydrogens is 319 g/mol. The quantitative estimate of drug-likeness (QED) is 0.914. The summed E-state index contributed by atoms with van der Waals surface area (Å²) in [5.74, 6) is 0.185. The van der Waals surface area contributed by atoms with E-state index in [-0.39, 0.29) is 30.2 Å². The molecule has 3 atom stereocenters. The lowest BCUT2D eigenvalue weighted by Crippen LogP contribution is -2.51. The number of halogens is 2. The van der Waals surface area contributed by atoms with Crippen LogP contribution in [0.3, 0.4) is 0 Å². The van der Waals surface area contributed by atoms with E-state index < -0.39 is 6.10 Å². The second-order valence-corrected chi connectivity index (χ2v) is 6.43. The molecule has 2 saturated heterocycles. The number of piperidine rings is 1. The predicted molar refractivity (Wildman–Crippen MR) is 89.5 cm³/mol.